The number of nitrogens with one attached hydrogen (secondary N) is 1. The van der Waals surface area contributed by atoms with Crippen molar-refractivity contribution in [2.75, 3.05) is 6.54 Å². The predicted molar refractivity (Wildman–Crippen MR) is 64.2 cm³/mol. The van der Waals surface area contributed by atoms with Crippen LogP contribution in [0.25, 0.3) is 0 Å². The average Bonchev–Trinajstić information content (AvgIpc) is 3.17. The van der Waals surface area contributed by atoms with E-state index in [0.717, 1.165) is 25.3 Å². The molecule has 0 spiro atoms. The first-order valence-corrected chi connectivity index (χ1v) is 7.31. The SMILES string of the molecule is FC(F)(F)C1CCCCC1NCC1(C2CC2)CC1. The van der Waals surface area contributed by atoms with Gasteiger partial charge in [-0.15, -0.1) is 0 Å². The van der Waals surface area contributed by atoms with Gasteiger partial charge < -0.3 is 5.32 Å². The van der Waals surface area contributed by atoms with E-state index in [0.29, 0.717) is 18.3 Å². The molecule has 2 unspecified atom stereocenters. The highest BCUT2D eigenvalue weighted by molar-refractivity contribution is 5.05. The molecule has 0 saturated heterocycles. The van der Waals surface area contributed by atoms with E-state index in [2.05, 4.69) is 5.32 Å². The van der Waals surface area contributed by atoms with Crippen molar-refractivity contribution in [2.24, 2.45) is 17.3 Å². The Morgan fingerprint density at radius 2 is 1.67 bits per heavy atom. The van der Waals surface area contributed by atoms with Gasteiger partial charge in [0.2, 0.25) is 0 Å². The molecule has 1 N–H and O–H groups in total. The molecule has 3 aliphatic carbocycles. The van der Waals surface area contributed by atoms with Crippen LogP contribution in [0.15, 0.2) is 0 Å². The molecule has 0 aromatic rings. The lowest BCUT2D eigenvalue weighted by molar-refractivity contribution is -0.189. The summed E-state index contributed by atoms with van der Waals surface area (Å²) in [5.74, 6) is -0.292. The van der Waals surface area contributed by atoms with Crippen LogP contribution in [0.4, 0.5) is 13.2 Å². The van der Waals surface area contributed by atoms with Crippen LogP contribution in [0, 0.1) is 17.3 Å². The molecule has 0 amide bonds. The summed E-state index contributed by atoms with van der Waals surface area (Å²) in [5.41, 5.74) is 0.396. The Balaban J connectivity index is 1.56. The molecule has 0 aromatic heterocycles. The zero-order valence-electron chi connectivity index (χ0n) is 10.7. The van der Waals surface area contributed by atoms with Crippen LogP contribution < -0.4 is 5.32 Å². The summed E-state index contributed by atoms with van der Waals surface area (Å²) < 4.78 is 38.9. The van der Waals surface area contributed by atoms with Crippen molar-refractivity contribution in [3.8, 4) is 0 Å². The minimum atomic E-state index is -4.02. The standard InChI is InChI=1S/C14H22F3N/c15-14(16,17)11-3-1-2-4-12(11)18-9-13(7-8-13)10-5-6-10/h10-12,18H,1-9H2. The Hall–Kier alpha value is -0.250. The molecule has 104 valence electrons. The number of alkyl halides is 3. The summed E-state index contributed by atoms with van der Waals surface area (Å²) in [5, 5.41) is 3.28. The summed E-state index contributed by atoms with van der Waals surface area (Å²) in [6.45, 7) is 0.828. The first kappa shape index (κ1) is 12.8. The van der Waals surface area contributed by atoms with Crippen molar-refractivity contribution in [1.29, 1.82) is 0 Å². The highest BCUT2D eigenvalue weighted by Gasteiger charge is 2.54. The second-order valence-electron chi connectivity index (χ2n) is 6.56. The van der Waals surface area contributed by atoms with Crippen LogP contribution in [0.3, 0.4) is 0 Å². The Morgan fingerprint density at radius 3 is 2.22 bits per heavy atom. The molecule has 3 rings (SSSR count). The van der Waals surface area contributed by atoms with Gasteiger partial charge in [-0.05, 0) is 49.9 Å². The van der Waals surface area contributed by atoms with Gasteiger partial charge in [-0.3, -0.25) is 0 Å². The van der Waals surface area contributed by atoms with Gasteiger partial charge in [-0.2, -0.15) is 13.2 Å². The van der Waals surface area contributed by atoms with Crippen molar-refractivity contribution < 1.29 is 13.2 Å². The molecule has 1 nitrogen and oxygen atoms in total. The molecule has 0 bridgehead atoms. The number of hydrogen-bond acceptors (Lipinski definition) is 1. The smallest absolute Gasteiger partial charge is 0.313 e. The van der Waals surface area contributed by atoms with Crippen molar-refractivity contribution >= 4 is 0 Å². The largest absolute Gasteiger partial charge is 0.393 e. The second kappa shape index (κ2) is 4.39. The van der Waals surface area contributed by atoms with Gasteiger partial charge in [-0.1, -0.05) is 12.8 Å². The minimum Gasteiger partial charge on any atom is -0.313 e. The fourth-order valence-corrected chi connectivity index (χ4v) is 3.69. The maximum Gasteiger partial charge on any atom is 0.393 e. The van der Waals surface area contributed by atoms with Crippen LogP contribution in [0.2, 0.25) is 0 Å². The summed E-state index contributed by atoms with van der Waals surface area (Å²) in [6.07, 6.45) is 3.74. The highest BCUT2D eigenvalue weighted by atomic mass is 19.4. The van der Waals surface area contributed by atoms with Crippen molar-refractivity contribution in [2.45, 2.75) is 63.6 Å². The van der Waals surface area contributed by atoms with Gasteiger partial charge in [-0.25, -0.2) is 0 Å². The van der Waals surface area contributed by atoms with Crippen molar-refractivity contribution in [3.63, 3.8) is 0 Å². The average molecular weight is 261 g/mol. The molecule has 18 heavy (non-hydrogen) atoms. The van der Waals surface area contributed by atoms with E-state index in [4.69, 9.17) is 0 Å². The zero-order chi connectivity index (χ0) is 12.8. The van der Waals surface area contributed by atoms with Crippen LogP contribution in [0.5, 0.6) is 0 Å². The number of rotatable bonds is 4. The molecule has 0 aliphatic heterocycles. The quantitative estimate of drug-likeness (QED) is 0.809. The van der Waals surface area contributed by atoms with Gasteiger partial charge in [0.15, 0.2) is 0 Å². The fraction of sp³-hybridized carbons (Fsp3) is 1.00. The second-order valence-corrected chi connectivity index (χ2v) is 6.56. The van der Waals surface area contributed by atoms with E-state index in [1.165, 1.54) is 25.7 Å². The lowest BCUT2D eigenvalue weighted by atomic mass is 9.83. The van der Waals surface area contributed by atoms with Crippen LogP contribution >= 0.6 is 0 Å². The van der Waals surface area contributed by atoms with Gasteiger partial charge in [0.05, 0.1) is 5.92 Å². The number of halogens is 3. The molecule has 3 aliphatic rings. The summed E-state index contributed by atoms with van der Waals surface area (Å²) >= 11 is 0. The Labute approximate surface area is 107 Å². The van der Waals surface area contributed by atoms with E-state index < -0.39 is 12.1 Å². The maximum absolute atomic E-state index is 13.0. The molecule has 0 aromatic carbocycles. The molecule has 0 heterocycles. The zero-order valence-corrected chi connectivity index (χ0v) is 10.7. The van der Waals surface area contributed by atoms with Gasteiger partial charge in [0.25, 0.3) is 0 Å². The van der Waals surface area contributed by atoms with E-state index in [1.807, 2.05) is 0 Å². The van der Waals surface area contributed by atoms with E-state index in [-0.39, 0.29) is 6.04 Å². The molecule has 0 radical (unpaired) electrons. The lowest BCUT2D eigenvalue weighted by Crippen LogP contribution is -2.47. The highest BCUT2D eigenvalue weighted by Crippen LogP contribution is 2.61. The normalized spacial score (nSPS) is 35.5. The molecule has 2 atom stereocenters. The molecular formula is C14H22F3N. The predicted octanol–water partition coefficient (Wildman–Crippen LogP) is 3.89. The Morgan fingerprint density at radius 1 is 1.00 bits per heavy atom. The molecule has 3 fully saturated rings. The van der Waals surface area contributed by atoms with Crippen LogP contribution in [-0.2, 0) is 0 Å². The lowest BCUT2D eigenvalue weighted by Gasteiger charge is -2.34. The monoisotopic (exact) mass is 261 g/mol. The van der Waals surface area contributed by atoms with E-state index in [1.54, 1.807) is 0 Å². The summed E-state index contributed by atoms with van der Waals surface area (Å²) in [7, 11) is 0. The minimum absolute atomic E-state index is 0.317. The third-order valence-corrected chi connectivity index (χ3v) is 5.24. The fourth-order valence-electron chi connectivity index (χ4n) is 3.69. The Kier molecular flexibility index (Phi) is 3.12. The van der Waals surface area contributed by atoms with Gasteiger partial charge >= 0.3 is 6.18 Å². The first-order chi connectivity index (χ1) is 8.51. The summed E-state index contributed by atoms with van der Waals surface area (Å²) in [6, 6.07) is -0.324. The maximum atomic E-state index is 13.0. The van der Waals surface area contributed by atoms with Crippen LogP contribution in [0.1, 0.15) is 51.4 Å². The molecule has 3 saturated carbocycles. The Bertz CT molecular complexity index is 305. The van der Waals surface area contributed by atoms with Gasteiger partial charge in [0, 0.05) is 12.6 Å². The third-order valence-electron chi connectivity index (χ3n) is 5.24. The topological polar surface area (TPSA) is 12.0 Å². The van der Waals surface area contributed by atoms with E-state index in [9.17, 15) is 13.2 Å². The van der Waals surface area contributed by atoms with Crippen molar-refractivity contribution in [3.05, 3.63) is 0 Å². The first-order valence-electron chi connectivity index (χ1n) is 7.31. The summed E-state index contributed by atoms with van der Waals surface area (Å²) in [4.78, 5) is 0. The molecular weight excluding hydrogens is 239 g/mol. The third kappa shape index (κ3) is 2.54. The van der Waals surface area contributed by atoms with Crippen molar-refractivity contribution in [1.82, 2.24) is 5.32 Å². The van der Waals surface area contributed by atoms with Gasteiger partial charge in [0.1, 0.15) is 0 Å². The molecule has 4 heteroatoms. The number of hydrogen-bond donors (Lipinski definition) is 1. The van der Waals surface area contributed by atoms with Crippen LogP contribution in [-0.4, -0.2) is 18.8 Å². The van der Waals surface area contributed by atoms with E-state index >= 15 is 0 Å².